The Balaban J connectivity index is 1.37. The molecule has 1 atom stereocenters. The second kappa shape index (κ2) is 8.45. The highest BCUT2D eigenvalue weighted by Gasteiger charge is 2.23. The molecule has 3 aromatic rings. The van der Waals surface area contributed by atoms with E-state index in [-0.39, 0.29) is 35.8 Å². The summed E-state index contributed by atoms with van der Waals surface area (Å²) in [5.74, 6) is 0.0854. The van der Waals surface area contributed by atoms with E-state index in [1.165, 1.54) is 0 Å². The predicted octanol–water partition coefficient (Wildman–Crippen LogP) is 3.69. The number of aromatic hydroxyl groups is 1. The first-order chi connectivity index (χ1) is 14.5. The van der Waals surface area contributed by atoms with Crippen LogP contribution in [-0.4, -0.2) is 29.6 Å². The van der Waals surface area contributed by atoms with Crippen LogP contribution >= 0.6 is 0 Å². The monoisotopic (exact) mass is 404 g/mol. The molecular formula is C24H24N2O4. The smallest absolute Gasteiger partial charge is 0.258 e. The Hall–Kier alpha value is -3.54. The number of amides is 2. The lowest BCUT2D eigenvalue weighted by Crippen LogP contribution is -2.30. The van der Waals surface area contributed by atoms with Crippen molar-refractivity contribution in [1.29, 1.82) is 0 Å². The Morgan fingerprint density at radius 3 is 2.40 bits per heavy atom. The summed E-state index contributed by atoms with van der Waals surface area (Å²) < 4.78 is 5.51. The molecule has 0 spiro atoms. The summed E-state index contributed by atoms with van der Waals surface area (Å²) in [5, 5.41) is 17.8. The normalized spacial score (nSPS) is 14.2. The van der Waals surface area contributed by atoms with Gasteiger partial charge in [-0.15, -0.1) is 0 Å². The number of hydrogen-bond acceptors (Lipinski definition) is 4. The van der Waals surface area contributed by atoms with Crippen LogP contribution in [0.3, 0.4) is 0 Å². The maximum Gasteiger partial charge on any atom is 0.258 e. The first-order valence-electron chi connectivity index (χ1n) is 10.0. The number of nitrogens with one attached hydrogen (secondary N) is 2. The third kappa shape index (κ3) is 4.71. The molecule has 1 fully saturated rings. The van der Waals surface area contributed by atoms with Gasteiger partial charge >= 0.3 is 0 Å². The van der Waals surface area contributed by atoms with Crippen LogP contribution in [0.5, 0.6) is 11.5 Å². The van der Waals surface area contributed by atoms with E-state index < -0.39 is 0 Å². The first-order valence-corrected chi connectivity index (χ1v) is 10.0. The molecule has 2 amide bonds. The topological polar surface area (TPSA) is 87.7 Å². The number of rotatable bonds is 7. The number of phenols is 1. The van der Waals surface area contributed by atoms with Gasteiger partial charge in [0.25, 0.3) is 11.8 Å². The number of ether oxygens (including phenoxy) is 1. The Bertz CT molecular complexity index is 1070. The number of hydrogen-bond donors (Lipinski definition) is 3. The van der Waals surface area contributed by atoms with Gasteiger partial charge in [-0.25, -0.2) is 0 Å². The second-order valence-corrected chi connectivity index (χ2v) is 7.61. The van der Waals surface area contributed by atoms with Crippen LogP contribution in [0.4, 0.5) is 0 Å². The van der Waals surface area contributed by atoms with Gasteiger partial charge < -0.3 is 20.5 Å². The molecule has 0 radical (unpaired) electrons. The lowest BCUT2D eigenvalue weighted by Gasteiger charge is -2.16. The molecule has 1 aliphatic carbocycles. The fourth-order valence-electron chi connectivity index (χ4n) is 3.27. The molecule has 154 valence electrons. The van der Waals surface area contributed by atoms with Gasteiger partial charge in [0.1, 0.15) is 11.5 Å². The molecule has 0 saturated heterocycles. The van der Waals surface area contributed by atoms with Crippen molar-refractivity contribution in [1.82, 2.24) is 10.6 Å². The zero-order valence-electron chi connectivity index (χ0n) is 16.7. The largest absolute Gasteiger partial charge is 0.507 e. The van der Waals surface area contributed by atoms with Crippen molar-refractivity contribution in [2.24, 2.45) is 0 Å². The predicted molar refractivity (Wildman–Crippen MR) is 115 cm³/mol. The molecule has 6 nitrogen and oxygen atoms in total. The van der Waals surface area contributed by atoms with Crippen molar-refractivity contribution < 1.29 is 19.4 Å². The van der Waals surface area contributed by atoms with E-state index in [1.54, 1.807) is 24.3 Å². The molecule has 4 rings (SSSR count). The molecule has 0 bridgehead atoms. The van der Waals surface area contributed by atoms with Gasteiger partial charge in [-0.05, 0) is 60.4 Å². The SMILES string of the molecule is CC(NC(=O)c1cc2ccccc2cc1O)c1ccc(OCC(=O)NC2CC2)cc1. The summed E-state index contributed by atoms with van der Waals surface area (Å²) >= 11 is 0. The maximum atomic E-state index is 12.7. The standard InChI is InChI=1S/C24H24N2O4/c1-15(16-6-10-20(11-7-16)30-14-23(28)26-19-8-9-19)25-24(29)21-12-17-4-2-3-5-18(17)13-22(21)27/h2-7,10-13,15,19,27H,8-9,14H2,1H3,(H,25,29)(H,26,28). The molecule has 30 heavy (non-hydrogen) atoms. The maximum absolute atomic E-state index is 12.7. The van der Waals surface area contributed by atoms with Crippen LogP contribution in [0.2, 0.25) is 0 Å². The average molecular weight is 404 g/mol. The fraction of sp³-hybridized carbons (Fsp3) is 0.250. The second-order valence-electron chi connectivity index (χ2n) is 7.61. The van der Waals surface area contributed by atoms with Crippen molar-refractivity contribution in [3.8, 4) is 11.5 Å². The van der Waals surface area contributed by atoms with Crippen molar-refractivity contribution >= 4 is 22.6 Å². The summed E-state index contributed by atoms with van der Waals surface area (Å²) in [6, 6.07) is 18.1. The van der Waals surface area contributed by atoms with E-state index in [2.05, 4.69) is 10.6 Å². The fourth-order valence-corrected chi connectivity index (χ4v) is 3.27. The summed E-state index contributed by atoms with van der Waals surface area (Å²) in [6.45, 7) is 1.86. The van der Waals surface area contributed by atoms with Crippen LogP contribution in [0.15, 0.2) is 60.7 Å². The zero-order valence-corrected chi connectivity index (χ0v) is 16.7. The first kappa shape index (κ1) is 19.8. The van der Waals surface area contributed by atoms with E-state index in [0.717, 1.165) is 29.2 Å². The van der Waals surface area contributed by atoms with Gasteiger partial charge in [0.15, 0.2) is 6.61 Å². The minimum Gasteiger partial charge on any atom is -0.507 e. The van der Waals surface area contributed by atoms with Gasteiger partial charge in [-0.1, -0.05) is 36.4 Å². The Morgan fingerprint density at radius 2 is 1.73 bits per heavy atom. The number of fused-ring (bicyclic) bond motifs is 1. The lowest BCUT2D eigenvalue weighted by molar-refractivity contribution is -0.123. The van der Waals surface area contributed by atoms with Crippen molar-refractivity contribution in [2.45, 2.75) is 31.8 Å². The highest BCUT2D eigenvalue weighted by Crippen LogP contribution is 2.26. The van der Waals surface area contributed by atoms with Crippen LogP contribution in [0, 0.1) is 0 Å². The van der Waals surface area contributed by atoms with Crippen molar-refractivity contribution in [3.63, 3.8) is 0 Å². The van der Waals surface area contributed by atoms with Crippen LogP contribution < -0.4 is 15.4 Å². The highest BCUT2D eigenvalue weighted by molar-refractivity contribution is 6.01. The van der Waals surface area contributed by atoms with E-state index in [4.69, 9.17) is 4.74 Å². The van der Waals surface area contributed by atoms with Crippen molar-refractivity contribution in [2.75, 3.05) is 6.61 Å². The summed E-state index contributed by atoms with van der Waals surface area (Å²) in [6.07, 6.45) is 2.09. The summed E-state index contributed by atoms with van der Waals surface area (Å²) in [5.41, 5.74) is 1.13. The van der Waals surface area contributed by atoms with E-state index in [9.17, 15) is 14.7 Å². The van der Waals surface area contributed by atoms with Crippen LogP contribution in [0.25, 0.3) is 10.8 Å². The van der Waals surface area contributed by atoms with Gasteiger partial charge in [0.2, 0.25) is 0 Å². The minimum atomic E-state index is -0.345. The minimum absolute atomic E-state index is 0.0105. The summed E-state index contributed by atoms with van der Waals surface area (Å²) in [7, 11) is 0. The Labute approximate surface area is 174 Å². The molecule has 3 aromatic carbocycles. The number of carbonyl (C=O) groups is 2. The molecule has 6 heteroatoms. The molecule has 0 heterocycles. The molecule has 1 aliphatic rings. The third-order valence-corrected chi connectivity index (χ3v) is 5.15. The highest BCUT2D eigenvalue weighted by atomic mass is 16.5. The van der Waals surface area contributed by atoms with Crippen LogP contribution in [-0.2, 0) is 4.79 Å². The Kier molecular flexibility index (Phi) is 5.57. The zero-order chi connectivity index (χ0) is 21.1. The molecular weight excluding hydrogens is 380 g/mol. The Morgan fingerprint density at radius 1 is 1.07 bits per heavy atom. The van der Waals surface area contributed by atoms with E-state index in [1.807, 2.05) is 43.3 Å². The van der Waals surface area contributed by atoms with Crippen molar-refractivity contribution in [3.05, 3.63) is 71.8 Å². The summed E-state index contributed by atoms with van der Waals surface area (Å²) in [4.78, 5) is 24.4. The van der Waals surface area contributed by atoms with Gasteiger partial charge in [-0.2, -0.15) is 0 Å². The van der Waals surface area contributed by atoms with Gasteiger partial charge in [0.05, 0.1) is 11.6 Å². The van der Waals surface area contributed by atoms with E-state index in [0.29, 0.717) is 11.8 Å². The van der Waals surface area contributed by atoms with Gasteiger partial charge in [-0.3, -0.25) is 9.59 Å². The molecule has 1 saturated carbocycles. The lowest BCUT2D eigenvalue weighted by atomic mass is 10.0. The average Bonchev–Trinajstić information content (AvgIpc) is 3.56. The quantitative estimate of drug-likeness (QED) is 0.560. The van der Waals surface area contributed by atoms with Gasteiger partial charge in [0, 0.05) is 6.04 Å². The number of phenolic OH excluding ortho intramolecular Hbond substituents is 1. The molecule has 1 unspecified atom stereocenters. The third-order valence-electron chi connectivity index (χ3n) is 5.15. The number of carbonyl (C=O) groups excluding carboxylic acids is 2. The van der Waals surface area contributed by atoms with Crippen LogP contribution in [0.1, 0.15) is 41.7 Å². The molecule has 3 N–H and O–H groups in total. The molecule has 0 aromatic heterocycles. The number of benzene rings is 3. The van der Waals surface area contributed by atoms with E-state index >= 15 is 0 Å². The molecule has 0 aliphatic heterocycles.